The average molecular weight is 679 g/mol. The molecule has 2 saturated carbocycles. The lowest BCUT2D eigenvalue weighted by Crippen LogP contribution is -2.40. The van der Waals surface area contributed by atoms with Crippen LogP contribution in [0.5, 0.6) is 0 Å². The molecule has 8 heteroatoms. The first-order valence-corrected chi connectivity index (χ1v) is 17.3. The number of esters is 1. The van der Waals surface area contributed by atoms with Crippen LogP contribution in [0.15, 0.2) is 109 Å². The SMILES string of the molecule is Cc1c(Cl)ccc2c(C(=O)OCC(=O)c3ccc(-c4ccccc4)cc3)cc(-c3ccc(N4C(=O)C5C6C=CC(C7CC67)C5C4=O)cc3)nc12. The van der Waals surface area contributed by atoms with Gasteiger partial charge in [-0.05, 0) is 78.0 Å². The Labute approximate surface area is 293 Å². The maximum Gasteiger partial charge on any atom is 0.339 e. The average Bonchev–Trinajstić information content (AvgIpc) is 3.94. The van der Waals surface area contributed by atoms with Gasteiger partial charge in [-0.3, -0.25) is 19.3 Å². The molecular weight excluding hydrogens is 648 g/mol. The molecule has 10 rings (SSSR count). The highest BCUT2D eigenvalue weighted by Crippen LogP contribution is 2.65. The van der Waals surface area contributed by atoms with Crippen LogP contribution in [0.25, 0.3) is 33.3 Å². The van der Waals surface area contributed by atoms with E-state index < -0.39 is 12.6 Å². The Hall–Kier alpha value is -5.40. The second-order valence-electron chi connectivity index (χ2n) is 13.8. The van der Waals surface area contributed by atoms with Crippen molar-refractivity contribution in [2.45, 2.75) is 13.3 Å². The van der Waals surface area contributed by atoms with Crippen molar-refractivity contribution in [2.24, 2.45) is 35.5 Å². The van der Waals surface area contributed by atoms with Gasteiger partial charge in [0.15, 0.2) is 12.4 Å². The molecule has 3 fully saturated rings. The summed E-state index contributed by atoms with van der Waals surface area (Å²) in [6.07, 6.45) is 5.45. The summed E-state index contributed by atoms with van der Waals surface area (Å²) in [6.45, 7) is 1.40. The number of hydrogen-bond donors (Lipinski definition) is 0. The van der Waals surface area contributed by atoms with Gasteiger partial charge in [-0.25, -0.2) is 9.78 Å². The summed E-state index contributed by atoms with van der Waals surface area (Å²) >= 11 is 6.47. The molecule has 0 radical (unpaired) electrons. The largest absolute Gasteiger partial charge is 0.454 e. The topological polar surface area (TPSA) is 93.6 Å². The van der Waals surface area contributed by atoms with Crippen LogP contribution in [0, 0.1) is 42.4 Å². The summed E-state index contributed by atoms with van der Waals surface area (Å²) in [6, 6.07) is 29.3. The molecule has 4 aliphatic carbocycles. The predicted molar refractivity (Wildman–Crippen MR) is 191 cm³/mol. The van der Waals surface area contributed by atoms with Gasteiger partial charge in [-0.2, -0.15) is 0 Å². The van der Waals surface area contributed by atoms with E-state index in [1.165, 1.54) is 4.90 Å². The van der Waals surface area contributed by atoms with E-state index in [2.05, 4.69) is 12.2 Å². The molecule has 6 unspecified atom stereocenters. The molecule has 246 valence electrons. The quantitative estimate of drug-likeness (QED) is 0.0747. The first kappa shape index (κ1) is 30.6. The number of Topliss-reactive ketones (excluding diaryl/α,β-unsaturated/α-hetero) is 1. The number of carbonyl (C=O) groups excluding carboxylic acids is 4. The summed E-state index contributed by atoms with van der Waals surface area (Å²) in [5.41, 5.74) is 5.63. The molecule has 2 heterocycles. The number of allylic oxidation sites excluding steroid dienone is 2. The van der Waals surface area contributed by atoms with E-state index in [0.717, 1.165) is 17.5 Å². The molecule has 1 aliphatic heterocycles. The fraction of sp³-hybridized carbons (Fsp3) is 0.214. The molecule has 0 N–H and O–H groups in total. The number of benzene rings is 4. The number of ketones is 1. The lowest BCUT2D eigenvalue weighted by molar-refractivity contribution is -0.124. The summed E-state index contributed by atoms with van der Waals surface area (Å²) in [5.74, 6) is -0.381. The van der Waals surface area contributed by atoms with E-state index in [9.17, 15) is 19.2 Å². The van der Waals surface area contributed by atoms with Crippen molar-refractivity contribution >= 4 is 51.8 Å². The summed E-state index contributed by atoms with van der Waals surface area (Å²) < 4.78 is 5.58. The van der Waals surface area contributed by atoms with Gasteiger partial charge in [-0.1, -0.05) is 96.5 Å². The van der Waals surface area contributed by atoms with Crippen LogP contribution in [0.3, 0.4) is 0 Å². The Morgan fingerprint density at radius 2 is 1.42 bits per heavy atom. The molecule has 50 heavy (non-hydrogen) atoms. The minimum absolute atomic E-state index is 0.113. The molecule has 7 nitrogen and oxygen atoms in total. The molecule has 5 aliphatic rings. The normalized spacial score (nSPS) is 24.3. The van der Waals surface area contributed by atoms with E-state index in [0.29, 0.717) is 55.8 Å². The van der Waals surface area contributed by atoms with Crippen LogP contribution in [0.2, 0.25) is 5.02 Å². The number of anilines is 1. The predicted octanol–water partition coefficient (Wildman–Crippen LogP) is 8.13. The van der Waals surface area contributed by atoms with Crippen molar-refractivity contribution < 1.29 is 23.9 Å². The van der Waals surface area contributed by atoms with Crippen LogP contribution in [0.1, 0.15) is 32.7 Å². The zero-order chi connectivity index (χ0) is 34.3. The number of nitrogens with zero attached hydrogens (tertiary/aromatic N) is 2. The lowest BCUT2D eigenvalue weighted by Gasteiger charge is -2.37. The van der Waals surface area contributed by atoms with Gasteiger partial charge in [0.1, 0.15) is 0 Å². The Balaban J connectivity index is 0.972. The van der Waals surface area contributed by atoms with Crippen LogP contribution in [-0.2, 0) is 14.3 Å². The summed E-state index contributed by atoms with van der Waals surface area (Å²) in [4.78, 5) is 60.2. The molecule has 6 atom stereocenters. The van der Waals surface area contributed by atoms with E-state index in [4.69, 9.17) is 21.3 Å². The number of aryl methyl sites for hydroxylation is 1. The monoisotopic (exact) mass is 678 g/mol. The van der Waals surface area contributed by atoms with Gasteiger partial charge >= 0.3 is 5.97 Å². The number of amides is 2. The Morgan fingerprint density at radius 1 is 0.800 bits per heavy atom. The highest BCUT2D eigenvalue weighted by Gasteiger charge is 2.67. The fourth-order valence-corrected chi connectivity index (χ4v) is 8.64. The third-order valence-electron chi connectivity index (χ3n) is 11.1. The maximum absolute atomic E-state index is 13.6. The Bertz CT molecular complexity index is 2250. The molecular formula is C42H31ClN2O5. The van der Waals surface area contributed by atoms with Crippen LogP contribution >= 0.6 is 11.6 Å². The molecule has 4 aromatic carbocycles. The summed E-state index contributed by atoms with van der Waals surface area (Å²) in [7, 11) is 0. The zero-order valence-electron chi connectivity index (χ0n) is 27.1. The van der Waals surface area contributed by atoms with E-state index in [-0.39, 0.29) is 46.8 Å². The zero-order valence-corrected chi connectivity index (χ0v) is 27.8. The molecule has 2 amide bonds. The number of pyridine rings is 1. The van der Waals surface area contributed by atoms with Gasteiger partial charge in [0.2, 0.25) is 11.8 Å². The number of imide groups is 1. The van der Waals surface area contributed by atoms with Crippen molar-refractivity contribution in [3.8, 4) is 22.4 Å². The number of hydrogen-bond acceptors (Lipinski definition) is 6. The number of halogens is 1. The number of ether oxygens (including phenoxy) is 1. The Kier molecular flexibility index (Phi) is 7.11. The highest BCUT2D eigenvalue weighted by atomic mass is 35.5. The van der Waals surface area contributed by atoms with Crippen molar-refractivity contribution in [3.63, 3.8) is 0 Å². The first-order chi connectivity index (χ1) is 24.3. The van der Waals surface area contributed by atoms with Gasteiger partial charge in [0.25, 0.3) is 0 Å². The molecule has 5 aromatic rings. The van der Waals surface area contributed by atoms with Crippen LogP contribution < -0.4 is 4.90 Å². The second kappa shape index (κ2) is 11.6. The van der Waals surface area contributed by atoms with E-state index in [1.54, 1.807) is 54.6 Å². The number of fused-ring (bicyclic) bond motifs is 1. The second-order valence-corrected chi connectivity index (χ2v) is 14.2. The summed E-state index contributed by atoms with van der Waals surface area (Å²) in [5, 5.41) is 1.05. The minimum Gasteiger partial charge on any atom is -0.454 e. The van der Waals surface area contributed by atoms with Gasteiger partial charge in [0, 0.05) is 21.5 Å². The fourth-order valence-electron chi connectivity index (χ4n) is 8.48. The first-order valence-electron chi connectivity index (χ1n) is 16.9. The van der Waals surface area contributed by atoms with Gasteiger partial charge < -0.3 is 4.74 Å². The smallest absolute Gasteiger partial charge is 0.339 e. The maximum atomic E-state index is 13.6. The number of aromatic nitrogens is 1. The number of carbonyl (C=O) groups is 4. The van der Waals surface area contributed by atoms with Crippen molar-refractivity contribution in [1.82, 2.24) is 4.98 Å². The van der Waals surface area contributed by atoms with Crippen molar-refractivity contribution in [3.05, 3.63) is 131 Å². The van der Waals surface area contributed by atoms with Crippen LogP contribution in [0.4, 0.5) is 5.69 Å². The standard InChI is InChI=1S/C42H31ClN2O5/c1-22-34(43)18-17-30-33(42(49)50-21-36(46)26-9-7-24(8-10-26)23-5-3-2-4-6-23)20-35(44-39(22)30)25-11-13-27(14-12-25)45-40(47)37-28-15-16-29(32-19-31(28)32)38(37)41(45)48/h2-18,20,28-29,31-32,37-38H,19,21H2,1H3. The number of rotatable bonds is 7. The minimum atomic E-state index is -0.664. The highest BCUT2D eigenvalue weighted by molar-refractivity contribution is 6.32. The van der Waals surface area contributed by atoms with E-state index in [1.807, 2.05) is 49.4 Å². The van der Waals surface area contributed by atoms with Gasteiger partial charge in [-0.15, -0.1) is 0 Å². The van der Waals surface area contributed by atoms with Gasteiger partial charge in [0.05, 0.1) is 34.3 Å². The van der Waals surface area contributed by atoms with Crippen molar-refractivity contribution in [2.75, 3.05) is 11.5 Å². The Morgan fingerprint density at radius 3 is 2.08 bits per heavy atom. The molecule has 1 saturated heterocycles. The van der Waals surface area contributed by atoms with E-state index >= 15 is 0 Å². The lowest BCUT2D eigenvalue weighted by atomic mass is 9.63. The molecule has 0 spiro atoms. The molecule has 1 aromatic heterocycles. The van der Waals surface area contributed by atoms with Crippen molar-refractivity contribution in [1.29, 1.82) is 0 Å². The third-order valence-corrected chi connectivity index (χ3v) is 11.5. The van der Waals surface area contributed by atoms with Crippen LogP contribution in [-0.4, -0.2) is 35.2 Å². The third kappa shape index (κ3) is 4.83. The molecule has 2 bridgehead atoms.